The van der Waals surface area contributed by atoms with E-state index in [9.17, 15) is 14.9 Å². The smallest absolute Gasteiger partial charge is 0.290 e. The molecule has 0 aliphatic heterocycles. The molecule has 0 aliphatic rings. The molecule has 0 aromatic carbocycles. The van der Waals surface area contributed by atoms with Gasteiger partial charge in [-0.05, 0) is 19.1 Å². The number of hydrogen-bond acceptors (Lipinski definition) is 5. The predicted molar refractivity (Wildman–Crippen MR) is 72.8 cm³/mol. The lowest BCUT2D eigenvalue weighted by Gasteiger charge is -2.06. The van der Waals surface area contributed by atoms with E-state index >= 15 is 0 Å². The number of nitrogens with one attached hydrogen (secondary N) is 1. The fourth-order valence-corrected chi connectivity index (χ4v) is 1.76. The average molecular weight is 293 g/mol. The van der Waals surface area contributed by atoms with E-state index in [1.54, 1.807) is 0 Å². The number of aromatic nitrogens is 2. The summed E-state index contributed by atoms with van der Waals surface area (Å²) in [6.07, 6.45) is 2.79. The van der Waals surface area contributed by atoms with Gasteiger partial charge in [-0.1, -0.05) is 11.6 Å². The highest BCUT2D eigenvalue weighted by Gasteiger charge is 2.14. The fraction of sp³-hybridized carbons (Fsp3) is 0.0833. The van der Waals surface area contributed by atoms with Crippen LogP contribution in [0.25, 0.3) is 0 Å². The van der Waals surface area contributed by atoms with Crippen LogP contribution in [0.1, 0.15) is 16.1 Å². The normalized spacial score (nSPS) is 10.1. The van der Waals surface area contributed by atoms with Gasteiger partial charge in [-0.2, -0.15) is 0 Å². The Balaban J connectivity index is 2.23. The molecule has 0 saturated heterocycles. The number of nitro groups is 1. The molecule has 1 N–H and O–H groups in total. The Labute approximate surface area is 118 Å². The first kappa shape index (κ1) is 13.9. The van der Waals surface area contributed by atoms with E-state index in [0.717, 1.165) is 0 Å². The maximum atomic E-state index is 12.0. The molecule has 0 spiro atoms. The van der Waals surface area contributed by atoms with E-state index in [4.69, 9.17) is 11.6 Å². The van der Waals surface area contributed by atoms with E-state index in [2.05, 4.69) is 15.3 Å². The Morgan fingerprint density at radius 1 is 1.40 bits per heavy atom. The molecule has 7 nitrogen and oxygen atoms in total. The minimum Gasteiger partial charge on any atom is -0.307 e. The van der Waals surface area contributed by atoms with E-state index < -0.39 is 10.8 Å². The second-order valence-electron chi connectivity index (χ2n) is 3.87. The molecule has 0 aliphatic carbocycles. The molecular weight excluding hydrogens is 284 g/mol. The van der Waals surface area contributed by atoms with Gasteiger partial charge in [0.2, 0.25) is 0 Å². The molecule has 0 fully saturated rings. The van der Waals surface area contributed by atoms with Crippen LogP contribution in [0.2, 0.25) is 5.02 Å². The molecule has 0 saturated carbocycles. The molecule has 1 amide bonds. The molecule has 2 aromatic rings. The summed E-state index contributed by atoms with van der Waals surface area (Å²) >= 11 is 5.85. The summed E-state index contributed by atoms with van der Waals surface area (Å²) in [5, 5.41) is 13.4. The number of amides is 1. The highest BCUT2D eigenvalue weighted by atomic mass is 35.5. The quantitative estimate of drug-likeness (QED) is 0.692. The maximum absolute atomic E-state index is 12.0. The minimum absolute atomic E-state index is 0.107. The van der Waals surface area contributed by atoms with Crippen molar-refractivity contribution in [2.75, 3.05) is 5.32 Å². The van der Waals surface area contributed by atoms with Crippen molar-refractivity contribution in [3.63, 3.8) is 0 Å². The summed E-state index contributed by atoms with van der Waals surface area (Å²) in [7, 11) is 0. The number of carbonyl (C=O) groups excluding carboxylic acids is 1. The van der Waals surface area contributed by atoms with Gasteiger partial charge < -0.3 is 5.32 Å². The van der Waals surface area contributed by atoms with Gasteiger partial charge in [-0.25, -0.2) is 4.98 Å². The first-order chi connectivity index (χ1) is 9.49. The van der Waals surface area contributed by atoms with Crippen molar-refractivity contribution in [2.45, 2.75) is 6.92 Å². The fourth-order valence-electron chi connectivity index (χ4n) is 1.56. The third-order valence-corrected chi connectivity index (χ3v) is 2.81. The Kier molecular flexibility index (Phi) is 3.90. The van der Waals surface area contributed by atoms with Crippen LogP contribution in [0, 0.1) is 17.0 Å². The number of pyridine rings is 2. The van der Waals surface area contributed by atoms with Crippen molar-refractivity contribution in [3.05, 3.63) is 57.0 Å². The number of anilines is 1. The number of rotatable bonds is 3. The van der Waals surface area contributed by atoms with E-state index in [1.807, 2.05) is 0 Å². The lowest BCUT2D eigenvalue weighted by molar-refractivity contribution is -0.385. The Morgan fingerprint density at radius 3 is 2.75 bits per heavy atom. The Bertz CT molecular complexity index is 690. The molecule has 2 heterocycles. The molecule has 0 unspecified atom stereocenters. The van der Waals surface area contributed by atoms with Crippen LogP contribution in [0.3, 0.4) is 0 Å². The number of aryl methyl sites for hydroxylation is 1. The third-order valence-electron chi connectivity index (χ3n) is 2.51. The van der Waals surface area contributed by atoms with Gasteiger partial charge in [-0.15, -0.1) is 0 Å². The van der Waals surface area contributed by atoms with Crippen LogP contribution in [0.15, 0.2) is 30.6 Å². The standard InChI is InChI=1S/C12H9ClN4O3/c1-7-10(17(19)20)2-3-11(15-7)16-12(18)8-4-5-14-6-9(8)13/h2-6H,1H3,(H,15,16,18). The number of hydrogen-bond donors (Lipinski definition) is 1. The second-order valence-corrected chi connectivity index (χ2v) is 4.27. The summed E-state index contributed by atoms with van der Waals surface area (Å²) in [6.45, 7) is 1.49. The van der Waals surface area contributed by atoms with Crippen LogP contribution in [0.5, 0.6) is 0 Å². The van der Waals surface area contributed by atoms with Crippen LogP contribution < -0.4 is 5.32 Å². The lowest BCUT2D eigenvalue weighted by atomic mass is 10.2. The predicted octanol–water partition coefficient (Wildman–Crippen LogP) is 2.60. The molecule has 8 heteroatoms. The second kappa shape index (κ2) is 5.62. The highest BCUT2D eigenvalue weighted by molar-refractivity contribution is 6.34. The summed E-state index contributed by atoms with van der Waals surface area (Å²) < 4.78 is 0. The Hall–Kier alpha value is -2.54. The zero-order valence-electron chi connectivity index (χ0n) is 10.3. The van der Waals surface area contributed by atoms with E-state index in [0.29, 0.717) is 0 Å². The summed E-state index contributed by atoms with van der Waals surface area (Å²) in [4.78, 5) is 29.8. The maximum Gasteiger partial charge on any atom is 0.290 e. The molecule has 2 rings (SSSR count). The van der Waals surface area contributed by atoms with Crippen molar-refractivity contribution >= 4 is 29.0 Å². The van der Waals surface area contributed by atoms with E-state index in [1.165, 1.54) is 37.5 Å². The van der Waals surface area contributed by atoms with Gasteiger partial charge in [0, 0.05) is 18.5 Å². The number of carbonyl (C=O) groups is 1. The molecule has 0 radical (unpaired) electrons. The number of halogens is 1. The Morgan fingerprint density at radius 2 is 2.15 bits per heavy atom. The summed E-state index contributed by atoms with van der Waals surface area (Å²) in [5.41, 5.74) is 0.359. The average Bonchev–Trinajstić information content (AvgIpc) is 2.38. The third kappa shape index (κ3) is 2.89. The van der Waals surface area contributed by atoms with Crippen molar-refractivity contribution in [2.24, 2.45) is 0 Å². The first-order valence-corrected chi connectivity index (χ1v) is 5.89. The van der Waals surface area contributed by atoms with Crippen molar-refractivity contribution in [1.82, 2.24) is 9.97 Å². The van der Waals surface area contributed by atoms with Gasteiger partial charge in [-0.3, -0.25) is 19.9 Å². The van der Waals surface area contributed by atoms with Crippen molar-refractivity contribution < 1.29 is 9.72 Å². The van der Waals surface area contributed by atoms with Gasteiger partial charge in [0.15, 0.2) is 0 Å². The number of nitrogens with zero attached hydrogens (tertiary/aromatic N) is 3. The van der Waals surface area contributed by atoms with Gasteiger partial charge >= 0.3 is 0 Å². The van der Waals surface area contributed by atoms with Gasteiger partial charge in [0.25, 0.3) is 11.6 Å². The molecule has 102 valence electrons. The van der Waals surface area contributed by atoms with Gasteiger partial charge in [0.1, 0.15) is 11.5 Å². The van der Waals surface area contributed by atoms with Crippen LogP contribution >= 0.6 is 11.6 Å². The summed E-state index contributed by atoms with van der Waals surface area (Å²) in [6, 6.07) is 4.11. The van der Waals surface area contributed by atoms with Crippen molar-refractivity contribution in [3.8, 4) is 0 Å². The lowest BCUT2D eigenvalue weighted by Crippen LogP contribution is -2.14. The molecule has 0 atom stereocenters. The van der Waals surface area contributed by atoms with E-state index in [-0.39, 0.29) is 27.8 Å². The minimum atomic E-state index is -0.534. The SMILES string of the molecule is Cc1nc(NC(=O)c2ccncc2Cl)ccc1[N+](=O)[O-]. The molecule has 0 bridgehead atoms. The summed E-state index contributed by atoms with van der Waals surface area (Å²) in [5.74, 6) is -0.246. The highest BCUT2D eigenvalue weighted by Crippen LogP contribution is 2.19. The van der Waals surface area contributed by atoms with Crippen LogP contribution in [-0.2, 0) is 0 Å². The zero-order chi connectivity index (χ0) is 14.7. The van der Waals surface area contributed by atoms with Crippen LogP contribution in [-0.4, -0.2) is 20.8 Å². The zero-order valence-corrected chi connectivity index (χ0v) is 11.1. The monoisotopic (exact) mass is 292 g/mol. The molecule has 2 aromatic heterocycles. The van der Waals surface area contributed by atoms with Gasteiger partial charge in [0.05, 0.1) is 15.5 Å². The van der Waals surface area contributed by atoms with Crippen LogP contribution in [0.4, 0.5) is 11.5 Å². The van der Waals surface area contributed by atoms with Crippen molar-refractivity contribution in [1.29, 1.82) is 0 Å². The topological polar surface area (TPSA) is 98.0 Å². The first-order valence-electron chi connectivity index (χ1n) is 5.52. The largest absolute Gasteiger partial charge is 0.307 e. The molecule has 20 heavy (non-hydrogen) atoms. The molecular formula is C12H9ClN4O3.